The van der Waals surface area contributed by atoms with Crippen LogP contribution in [0.25, 0.3) is 0 Å². The van der Waals surface area contributed by atoms with Crippen LogP contribution < -0.4 is 5.32 Å². The van der Waals surface area contributed by atoms with Crippen molar-refractivity contribution in [1.29, 1.82) is 0 Å². The Hall–Kier alpha value is -1.69. The van der Waals surface area contributed by atoms with Crippen LogP contribution in [-0.2, 0) is 0 Å². The first-order chi connectivity index (χ1) is 9.58. The van der Waals surface area contributed by atoms with Crippen LogP contribution in [0.2, 0.25) is 5.15 Å². The van der Waals surface area contributed by atoms with E-state index in [-0.39, 0.29) is 22.4 Å². The molecule has 7 heteroatoms. The van der Waals surface area contributed by atoms with Gasteiger partial charge in [0.25, 0.3) is 11.6 Å². The third-order valence-corrected chi connectivity index (χ3v) is 3.69. The van der Waals surface area contributed by atoms with Gasteiger partial charge in [-0.2, -0.15) is 0 Å². The highest BCUT2D eigenvalue weighted by Gasteiger charge is 2.23. The van der Waals surface area contributed by atoms with E-state index < -0.39 is 10.8 Å². The number of nitro groups is 1. The van der Waals surface area contributed by atoms with Crippen LogP contribution in [-0.4, -0.2) is 21.9 Å². The van der Waals surface area contributed by atoms with Crippen LogP contribution in [0.5, 0.6) is 0 Å². The number of halogens is 1. The molecule has 0 aliphatic heterocycles. The van der Waals surface area contributed by atoms with Crippen LogP contribution in [0.15, 0.2) is 12.3 Å². The molecule has 2 rings (SSSR count). The largest absolute Gasteiger partial charge is 0.349 e. The van der Waals surface area contributed by atoms with Crippen LogP contribution >= 0.6 is 11.6 Å². The zero-order valence-electron chi connectivity index (χ0n) is 11.0. The minimum Gasteiger partial charge on any atom is -0.349 e. The maximum atomic E-state index is 12.2. The first-order valence-electron chi connectivity index (χ1n) is 6.68. The van der Waals surface area contributed by atoms with E-state index in [1.54, 1.807) is 0 Å². The molecule has 1 fully saturated rings. The summed E-state index contributed by atoms with van der Waals surface area (Å²) in [6.45, 7) is 0. The number of carbonyl (C=O) groups excluding carboxylic acids is 1. The van der Waals surface area contributed by atoms with Gasteiger partial charge in [0, 0.05) is 6.04 Å². The van der Waals surface area contributed by atoms with Gasteiger partial charge in [-0.05, 0) is 18.9 Å². The van der Waals surface area contributed by atoms with Crippen molar-refractivity contribution in [3.8, 4) is 0 Å². The molecule has 0 bridgehead atoms. The van der Waals surface area contributed by atoms with Crippen molar-refractivity contribution in [1.82, 2.24) is 10.3 Å². The molecule has 0 unspecified atom stereocenters. The predicted octanol–water partition coefficient (Wildman–Crippen LogP) is 3.10. The number of amides is 1. The fourth-order valence-corrected chi connectivity index (χ4v) is 2.59. The fraction of sp³-hybridized carbons (Fsp3) is 0.538. The number of aromatic nitrogens is 1. The lowest BCUT2D eigenvalue weighted by Crippen LogP contribution is -2.34. The molecule has 20 heavy (non-hydrogen) atoms. The Morgan fingerprint density at radius 3 is 2.60 bits per heavy atom. The average molecular weight is 298 g/mol. The number of hydrogen-bond acceptors (Lipinski definition) is 4. The van der Waals surface area contributed by atoms with E-state index in [4.69, 9.17) is 11.6 Å². The highest BCUT2D eigenvalue weighted by Crippen LogP contribution is 2.22. The van der Waals surface area contributed by atoms with E-state index in [9.17, 15) is 14.9 Å². The highest BCUT2D eigenvalue weighted by atomic mass is 35.5. The lowest BCUT2D eigenvalue weighted by molar-refractivity contribution is -0.385. The number of hydrogen-bond donors (Lipinski definition) is 1. The molecule has 0 saturated heterocycles. The van der Waals surface area contributed by atoms with E-state index in [0.29, 0.717) is 0 Å². The first-order valence-corrected chi connectivity index (χ1v) is 7.06. The standard InChI is InChI=1S/C13H16ClN3O3/c14-12-7-10(11(8-15-12)17(19)20)13(18)16-9-5-3-1-2-4-6-9/h7-9H,1-6H2,(H,16,18). The van der Waals surface area contributed by atoms with Gasteiger partial charge in [0.15, 0.2) is 0 Å². The minimum absolute atomic E-state index is 0.0285. The van der Waals surface area contributed by atoms with E-state index in [0.717, 1.165) is 31.9 Å². The van der Waals surface area contributed by atoms with Crippen molar-refractivity contribution in [3.05, 3.63) is 33.1 Å². The molecule has 0 aromatic carbocycles. The summed E-state index contributed by atoms with van der Waals surface area (Å²) in [7, 11) is 0. The third-order valence-electron chi connectivity index (χ3n) is 3.48. The summed E-state index contributed by atoms with van der Waals surface area (Å²) in [5.41, 5.74) is -0.347. The average Bonchev–Trinajstić information content (AvgIpc) is 2.66. The van der Waals surface area contributed by atoms with Crippen molar-refractivity contribution < 1.29 is 9.72 Å². The Morgan fingerprint density at radius 2 is 2.00 bits per heavy atom. The molecule has 1 saturated carbocycles. The molecular formula is C13H16ClN3O3. The van der Waals surface area contributed by atoms with Gasteiger partial charge in [-0.1, -0.05) is 37.3 Å². The van der Waals surface area contributed by atoms with Crippen LogP contribution in [0, 0.1) is 10.1 Å². The van der Waals surface area contributed by atoms with Gasteiger partial charge < -0.3 is 5.32 Å². The van der Waals surface area contributed by atoms with Crippen LogP contribution in [0.3, 0.4) is 0 Å². The Labute approximate surface area is 121 Å². The van der Waals surface area contributed by atoms with Crippen LogP contribution in [0.1, 0.15) is 48.9 Å². The summed E-state index contributed by atoms with van der Waals surface area (Å²) in [6, 6.07) is 1.32. The molecule has 6 nitrogen and oxygen atoms in total. The SMILES string of the molecule is O=C(NC1CCCCCC1)c1cc(Cl)ncc1[N+](=O)[O-]. The highest BCUT2D eigenvalue weighted by molar-refractivity contribution is 6.29. The first kappa shape index (κ1) is 14.7. The van der Waals surface area contributed by atoms with E-state index in [1.165, 1.54) is 18.9 Å². The Morgan fingerprint density at radius 1 is 1.35 bits per heavy atom. The van der Waals surface area contributed by atoms with E-state index in [2.05, 4.69) is 10.3 Å². The summed E-state index contributed by atoms with van der Waals surface area (Å²) in [5, 5.41) is 13.9. The van der Waals surface area contributed by atoms with Crippen molar-refractivity contribution in [3.63, 3.8) is 0 Å². The second kappa shape index (κ2) is 6.65. The molecule has 1 aliphatic carbocycles. The number of carbonyl (C=O) groups is 1. The Balaban J connectivity index is 2.15. The summed E-state index contributed by atoms with van der Waals surface area (Å²) >= 11 is 5.72. The summed E-state index contributed by atoms with van der Waals surface area (Å²) in [6.07, 6.45) is 7.34. The van der Waals surface area contributed by atoms with Crippen LogP contribution in [0.4, 0.5) is 5.69 Å². The monoisotopic (exact) mass is 297 g/mol. The second-order valence-corrected chi connectivity index (χ2v) is 5.33. The zero-order valence-corrected chi connectivity index (χ0v) is 11.7. The maximum absolute atomic E-state index is 12.2. The third kappa shape index (κ3) is 3.66. The van der Waals surface area contributed by atoms with Gasteiger partial charge in [-0.15, -0.1) is 0 Å². The predicted molar refractivity (Wildman–Crippen MR) is 74.9 cm³/mol. The summed E-state index contributed by atoms with van der Waals surface area (Å²) < 4.78 is 0. The molecule has 0 atom stereocenters. The quantitative estimate of drug-likeness (QED) is 0.402. The minimum atomic E-state index is -0.620. The van der Waals surface area contributed by atoms with Crippen molar-refractivity contribution in [2.45, 2.75) is 44.6 Å². The second-order valence-electron chi connectivity index (χ2n) is 4.94. The molecule has 1 aromatic heterocycles. The lowest BCUT2D eigenvalue weighted by Gasteiger charge is -2.16. The molecule has 108 valence electrons. The molecule has 1 amide bonds. The van der Waals surface area contributed by atoms with Gasteiger partial charge in [0.1, 0.15) is 16.9 Å². The molecule has 1 heterocycles. The number of rotatable bonds is 3. The van der Waals surface area contributed by atoms with Gasteiger partial charge in [-0.3, -0.25) is 14.9 Å². The molecule has 1 aliphatic rings. The van der Waals surface area contributed by atoms with Gasteiger partial charge in [0.05, 0.1) is 4.92 Å². The number of nitrogens with zero attached hydrogens (tertiary/aromatic N) is 2. The molecular weight excluding hydrogens is 282 g/mol. The van der Waals surface area contributed by atoms with Crippen molar-refractivity contribution in [2.24, 2.45) is 0 Å². The van der Waals surface area contributed by atoms with Gasteiger partial charge in [0.2, 0.25) is 0 Å². The Kier molecular flexibility index (Phi) is 4.89. The van der Waals surface area contributed by atoms with E-state index in [1.807, 2.05) is 0 Å². The molecule has 1 N–H and O–H groups in total. The van der Waals surface area contributed by atoms with Gasteiger partial charge in [-0.25, -0.2) is 4.98 Å². The smallest absolute Gasteiger partial charge is 0.300 e. The summed E-state index contributed by atoms with van der Waals surface area (Å²) in [4.78, 5) is 26.2. The normalized spacial score (nSPS) is 16.4. The molecule has 0 radical (unpaired) electrons. The number of nitrogens with one attached hydrogen (secondary N) is 1. The fourth-order valence-electron chi connectivity index (χ4n) is 2.44. The van der Waals surface area contributed by atoms with Gasteiger partial charge >= 0.3 is 0 Å². The van der Waals surface area contributed by atoms with E-state index >= 15 is 0 Å². The summed E-state index contributed by atoms with van der Waals surface area (Å²) in [5.74, 6) is -0.451. The maximum Gasteiger partial charge on any atom is 0.300 e. The van der Waals surface area contributed by atoms with Crippen molar-refractivity contribution >= 4 is 23.2 Å². The Bertz CT molecular complexity index is 514. The lowest BCUT2D eigenvalue weighted by atomic mass is 10.1. The molecule has 0 spiro atoms. The zero-order chi connectivity index (χ0) is 14.5. The number of pyridine rings is 1. The molecule has 1 aromatic rings. The topological polar surface area (TPSA) is 85.1 Å². The van der Waals surface area contributed by atoms with Crippen molar-refractivity contribution in [2.75, 3.05) is 0 Å².